The van der Waals surface area contributed by atoms with Crippen molar-refractivity contribution >= 4 is 29.7 Å². The zero-order valence-corrected chi connectivity index (χ0v) is 11.3. The molecule has 0 radical (unpaired) electrons. The van der Waals surface area contributed by atoms with Gasteiger partial charge < -0.3 is 15.7 Å². The molecule has 1 unspecified atom stereocenters. The molecule has 0 aliphatic carbocycles. The number of hydrogen-bond donors (Lipinski definition) is 4. The lowest BCUT2D eigenvalue weighted by molar-refractivity contribution is -0.138. The number of rotatable bonds is 4. The molecule has 1 atom stereocenters. The minimum absolute atomic E-state index is 0.0254. The average Bonchev–Trinajstić information content (AvgIpc) is 2.31. The molecule has 0 aromatic rings. The third-order valence-electron chi connectivity index (χ3n) is 1.99. The molecular formula is C10H19N3O4S. The number of amides is 2. The fourth-order valence-corrected chi connectivity index (χ4v) is 1.07. The van der Waals surface area contributed by atoms with Gasteiger partial charge in [0.1, 0.15) is 6.04 Å². The first-order chi connectivity index (χ1) is 8.36. The summed E-state index contributed by atoms with van der Waals surface area (Å²) in [7, 11) is 0. The first kappa shape index (κ1) is 16.7. The predicted octanol–water partition coefficient (Wildman–Crippen LogP) is -0.532. The van der Waals surface area contributed by atoms with Gasteiger partial charge in [0.2, 0.25) is 11.8 Å². The Labute approximate surface area is 110 Å². The Morgan fingerprint density at radius 2 is 2.11 bits per heavy atom. The van der Waals surface area contributed by atoms with Gasteiger partial charge in [0.25, 0.3) is 0 Å². The normalized spacial score (nSPS) is 18.6. The van der Waals surface area contributed by atoms with Crippen molar-refractivity contribution in [3.63, 3.8) is 0 Å². The summed E-state index contributed by atoms with van der Waals surface area (Å²) in [5.74, 6) is -1.58. The number of carboxylic acid groups (broad SMARTS) is 1. The van der Waals surface area contributed by atoms with Crippen LogP contribution in [0.15, 0.2) is 0 Å². The quantitative estimate of drug-likeness (QED) is 0.512. The fourth-order valence-electron chi connectivity index (χ4n) is 1.07. The van der Waals surface area contributed by atoms with E-state index >= 15 is 0 Å². The van der Waals surface area contributed by atoms with E-state index in [-0.39, 0.29) is 31.2 Å². The van der Waals surface area contributed by atoms with Crippen molar-refractivity contribution < 1.29 is 19.5 Å². The molecule has 2 amide bonds. The highest BCUT2D eigenvalue weighted by atomic mass is 32.2. The molecule has 7 nitrogen and oxygen atoms in total. The number of hydrogen-bond acceptors (Lipinski definition) is 5. The molecule has 1 rings (SSSR count). The van der Waals surface area contributed by atoms with Crippen LogP contribution < -0.4 is 15.8 Å². The van der Waals surface area contributed by atoms with Crippen molar-refractivity contribution in [2.24, 2.45) is 5.14 Å². The van der Waals surface area contributed by atoms with E-state index in [1.807, 2.05) is 0 Å². The second kappa shape index (κ2) is 8.76. The monoisotopic (exact) mass is 277 g/mol. The topological polar surface area (TPSA) is 122 Å². The van der Waals surface area contributed by atoms with Crippen molar-refractivity contribution in [3.05, 3.63) is 0 Å². The predicted molar refractivity (Wildman–Crippen MR) is 68.7 cm³/mol. The van der Waals surface area contributed by atoms with Gasteiger partial charge in [-0.25, -0.2) is 0 Å². The van der Waals surface area contributed by atoms with E-state index in [0.29, 0.717) is 5.25 Å². The van der Waals surface area contributed by atoms with Gasteiger partial charge in [-0.2, -0.15) is 0 Å². The van der Waals surface area contributed by atoms with E-state index < -0.39 is 12.0 Å². The van der Waals surface area contributed by atoms with Crippen LogP contribution in [-0.2, 0) is 14.4 Å². The summed E-state index contributed by atoms with van der Waals surface area (Å²) >= 11 is 1.38. The minimum Gasteiger partial charge on any atom is -0.481 e. The molecule has 1 aliphatic heterocycles. The van der Waals surface area contributed by atoms with Crippen molar-refractivity contribution in [2.75, 3.05) is 6.54 Å². The maximum Gasteiger partial charge on any atom is 0.303 e. The van der Waals surface area contributed by atoms with E-state index in [1.165, 1.54) is 11.9 Å². The lowest BCUT2D eigenvalue weighted by Crippen LogP contribution is -2.56. The van der Waals surface area contributed by atoms with Crippen LogP contribution in [0.4, 0.5) is 0 Å². The van der Waals surface area contributed by atoms with Gasteiger partial charge in [0, 0.05) is 11.7 Å². The molecule has 0 saturated carbocycles. The molecule has 1 fully saturated rings. The first-order valence-corrected chi connectivity index (χ1v) is 6.45. The Kier molecular flexibility index (Phi) is 8.14. The summed E-state index contributed by atoms with van der Waals surface area (Å²) in [6.07, 6.45) is 0.00523. The van der Waals surface area contributed by atoms with Crippen LogP contribution in [0.25, 0.3) is 0 Å². The second-order valence-electron chi connectivity index (χ2n) is 3.96. The molecule has 1 saturated heterocycles. The van der Waals surface area contributed by atoms with Crippen molar-refractivity contribution in [2.45, 2.75) is 38.0 Å². The Balaban J connectivity index is 0.000000494. The molecule has 1 aliphatic rings. The van der Waals surface area contributed by atoms with Gasteiger partial charge in [-0.1, -0.05) is 25.8 Å². The number of nitrogens with one attached hydrogen (secondary N) is 2. The third-order valence-corrected chi connectivity index (χ3v) is 2.54. The second-order valence-corrected chi connectivity index (χ2v) is 5.17. The third kappa shape index (κ3) is 7.91. The molecule has 18 heavy (non-hydrogen) atoms. The van der Waals surface area contributed by atoms with Crippen LogP contribution in [0.1, 0.15) is 26.7 Å². The molecule has 0 bridgehead atoms. The molecule has 0 aromatic heterocycles. The average molecular weight is 277 g/mol. The van der Waals surface area contributed by atoms with Crippen LogP contribution in [0, 0.1) is 0 Å². The van der Waals surface area contributed by atoms with Crippen molar-refractivity contribution in [3.8, 4) is 0 Å². The number of aliphatic carboxylic acids is 1. The first-order valence-electron chi connectivity index (χ1n) is 5.51. The van der Waals surface area contributed by atoms with Gasteiger partial charge in [0.15, 0.2) is 0 Å². The van der Waals surface area contributed by atoms with Gasteiger partial charge in [-0.15, -0.1) is 0 Å². The summed E-state index contributed by atoms with van der Waals surface area (Å²) in [6, 6.07) is -0.697. The number of carbonyl (C=O) groups is 3. The van der Waals surface area contributed by atoms with Crippen LogP contribution in [0.5, 0.6) is 0 Å². The SMILES string of the molecule is CC(C)SN.O=C(O)CCC1NC(=O)CNC1=O. The molecule has 1 heterocycles. The number of nitrogens with two attached hydrogens (primary N) is 1. The Hall–Kier alpha value is -1.28. The highest BCUT2D eigenvalue weighted by Gasteiger charge is 2.25. The molecular weight excluding hydrogens is 258 g/mol. The van der Waals surface area contributed by atoms with Crippen molar-refractivity contribution in [1.82, 2.24) is 10.6 Å². The van der Waals surface area contributed by atoms with Crippen LogP contribution in [-0.4, -0.2) is 40.7 Å². The van der Waals surface area contributed by atoms with Crippen LogP contribution in [0.2, 0.25) is 0 Å². The largest absolute Gasteiger partial charge is 0.481 e. The van der Waals surface area contributed by atoms with Gasteiger partial charge in [0.05, 0.1) is 6.54 Å². The van der Waals surface area contributed by atoms with Crippen molar-refractivity contribution in [1.29, 1.82) is 0 Å². The van der Waals surface area contributed by atoms with Gasteiger partial charge in [-0.3, -0.25) is 19.5 Å². The summed E-state index contributed by atoms with van der Waals surface area (Å²) in [5, 5.41) is 18.8. The zero-order chi connectivity index (χ0) is 14.1. The molecule has 0 spiro atoms. The molecule has 5 N–H and O–H groups in total. The number of carbonyl (C=O) groups excluding carboxylic acids is 2. The lowest BCUT2D eigenvalue weighted by Gasteiger charge is -2.22. The zero-order valence-electron chi connectivity index (χ0n) is 10.4. The minimum atomic E-state index is -0.979. The lowest BCUT2D eigenvalue weighted by atomic mass is 10.1. The molecule has 104 valence electrons. The van der Waals surface area contributed by atoms with E-state index in [9.17, 15) is 14.4 Å². The smallest absolute Gasteiger partial charge is 0.303 e. The van der Waals surface area contributed by atoms with Crippen LogP contribution in [0.3, 0.4) is 0 Å². The van der Waals surface area contributed by atoms with E-state index in [4.69, 9.17) is 10.2 Å². The van der Waals surface area contributed by atoms with Crippen LogP contribution >= 0.6 is 11.9 Å². The van der Waals surface area contributed by atoms with Gasteiger partial charge >= 0.3 is 5.97 Å². The van der Waals surface area contributed by atoms with E-state index in [2.05, 4.69) is 24.5 Å². The summed E-state index contributed by atoms with van der Waals surface area (Å²) in [6.45, 7) is 4.09. The Morgan fingerprint density at radius 1 is 1.56 bits per heavy atom. The number of piperazine rings is 1. The highest BCUT2D eigenvalue weighted by molar-refractivity contribution is 7.97. The van der Waals surface area contributed by atoms with E-state index in [1.54, 1.807) is 0 Å². The fraction of sp³-hybridized carbons (Fsp3) is 0.700. The Bertz CT molecular complexity index is 309. The standard InChI is InChI=1S/C7H10N2O4.C3H9NS/c10-5-3-8-7(13)4(9-5)1-2-6(11)12;1-3(2)5-4/h4H,1-3H2,(H,8,13)(H,9,10)(H,11,12);3H,4H2,1-2H3. The summed E-state index contributed by atoms with van der Waals surface area (Å²) < 4.78 is 0. The molecule has 8 heteroatoms. The summed E-state index contributed by atoms with van der Waals surface area (Å²) in [4.78, 5) is 32.0. The highest BCUT2D eigenvalue weighted by Crippen LogP contribution is 2.00. The molecule has 0 aromatic carbocycles. The summed E-state index contributed by atoms with van der Waals surface area (Å²) in [5.41, 5.74) is 0. The van der Waals surface area contributed by atoms with Gasteiger partial charge in [-0.05, 0) is 6.42 Å². The van der Waals surface area contributed by atoms with E-state index in [0.717, 1.165) is 0 Å². The maximum atomic E-state index is 11.0. The number of carboxylic acids is 1. The Morgan fingerprint density at radius 3 is 2.56 bits per heavy atom. The maximum absolute atomic E-state index is 11.0.